The van der Waals surface area contributed by atoms with Gasteiger partial charge < -0.3 is 5.01 Å². The van der Waals surface area contributed by atoms with E-state index in [4.69, 9.17) is 11.6 Å². The van der Waals surface area contributed by atoms with Crippen LogP contribution in [-0.2, 0) is 6.42 Å². The summed E-state index contributed by atoms with van der Waals surface area (Å²) in [6.45, 7) is 0. The van der Waals surface area contributed by atoms with E-state index < -0.39 is 0 Å². The molecule has 2 nitrogen and oxygen atoms in total. The minimum Gasteiger partial charge on any atom is -0.303 e. The van der Waals surface area contributed by atoms with Crippen LogP contribution in [-0.4, -0.2) is 25.3 Å². The minimum atomic E-state index is -0.289. The topological polar surface area (TPSA) is 15.6 Å². The molecular formula is C10H12ClFN2. The predicted molar refractivity (Wildman–Crippen MR) is 57.3 cm³/mol. The molecular weight excluding hydrogens is 203 g/mol. The number of halogens is 2. The third kappa shape index (κ3) is 3.00. The van der Waals surface area contributed by atoms with Gasteiger partial charge in [-0.1, -0.05) is 17.7 Å². The first kappa shape index (κ1) is 11.0. The molecule has 0 aromatic heterocycles. The maximum Gasteiger partial charge on any atom is 0.128 e. The van der Waals surface area contributed by atoms with E-state index in [1.165, 1.54) is 6.07 Å². The zero-order valence-corrected chi connectivity index (χ0v) is 8.92. The average Bonchev–Trinajstić information content (AvgIpc) is 2.09. The van der Waals surface area contributed by atoms with Crippen LogP contribution in [0.2, 0.25) is 5.02 Å². The van der Waals surface area contributed by atoms with Crippen molar-refractivity contribution < 1.29 is 4.39 Å². The van der Waals surface area contributed by atoms with E-state index in [0.29, 0.717) is 17.0 Å². The highest BCUT2D eigenvalue weighted by Gasteiger charge is 2.04. The highest BCUT2D eigenvalue weighted by Crippen LogP contribution is 2.18. The Kier molecular flexibility index (Phi) is 3.89. The van der Waals surface area contributed by atoms with Gasteiger partial charge in [0.25, 0.3) is 0 Å². The summed E-state index contributed by atoms with van der Waals surface area (Å²) in [5.74, 6) is -0.289. The van der Waals surface area contributed by atoms with Crippen molar-refractivity contribution in [3.63, 3.8) is 0 Å². The van der Waals surface area contributed by atoms with E-state index in [-0.39, 0.29) is 5.82 Å². The van der Waals surface area contributed by atoms with Crippen molar-refractivity contribution in [2.45, 2.75) is 6.42 Å². The lowest BCUT2D eigenvalue weighted by atomic mass is 10.1. The van der Waals surface area contributed by atoms with E-state index in [0.717, 1.165) is 0 Å². The Morgan fingerprint density at radius 3 is 2.79 bits per heavy atom. The summed E-state index contributed by atoms with van der Waals surface area (Å²) in [7, 11) is 3.61. The van der Waals surface area contributed by atoms with Gasteiger partial charge in [0.05, 0.1) is 0 Å². The molecule has 14 heavy (non-hydrogen) atoms. The molecule has 0 aliphatic carbocycles. The van der Waals surface area contributed by atoms with Gasteiger partial charge in [-0.3, -0.25) is 0 Å². The Balaban J connectivity index is 2.76. The summed E-state index contributed by atoms with van der Waals surface area (Å²) >= 11 is 5.83. The summed E-state index contributed by atoms with van der Waals surface area (Å²) in [6.07, 6.45) is 2.04. The molecule has 76 valence electrons. The third-order valence-electron chi connectivity index (χ3n) is 1.67. The first-order valence-electron chi connectivity index (χ1n) is 4.24. The molecule has 4 heteroatoms. The van der Waals surface area contributed by atoms with Crippen LogP contribution in [0.25, 0.3) is 0 Å². The van der Waals surface area contributed by atoms with Crippen LogP contribution in [0.15, 0.2) is 23.3 Å². The van der Waals surface area contributed by atoms with Gasteiger partial charge in [-0.2, -0.15) is 5.10 Å². The number of hydrogen-bond donors (Lipinski definition) is 0. The van der Waals surface area contributed by atoms with Crippen molar-refractivity contribution in [1.29, 1.82) is 0 Å². The van der Waals surface area contributed by atoms with E-state index in [2.05, 4.69) is 5.10 Å². The van der Waals surface area contributed by atoms with Crippen LogP contribution in [0.4, 0.5) is 4.39 Å². The summed E-state index contributed by atoms with van der Waals surface area (Å²) in [4.78, 5) is 0. The molecule has 0 aliphatic heterocycles. The van der Waals surface area contributed by atoms with Gasteiger partial charge in [0, 0.05) is 37.3 Å². The van der Waals surface area contributed by atoms with Gasteiger partial charge in [0.15, 0.2) is 0 Å². The Labute approximate surface area is 88.0 Å². The molecule has 0 saturated heterocycles. The van der Waals surface area contributed by atoms with Crippen molar-refractivity contribution >= 4 is 17.8 Å². The smallest absolute Gasteiger partial charge is 0.128 e. The normalized spacial score (nSPS) is 10.9. The molecule has 0 aliphatic rings. The number of nitrogens with zero attached hydrogens (tertiary/aromatic N) is 2. The highest BCUT2D eigenvalue weighted by atomic mass is 35.5. The predicted octanol–water partition coefficient (Wildman–Crippen LogP) is 2.57. The van der Waals surface area contributed by atoms with Crippen LogP contribution in [0.5, 0.6) is 0 Å². The van der Waals surface area contributed by atoms with E-state index >= 15 is 0 Å². The highest BCUT2D eigenvalue weighted by molar-refractivity contribution is 6.31. The molecule has 0 saturated carbocycles. The van der Waals surface area contributed by atoms with Gasteiger partial charge in [-0.05, 0) is 12.1 Å². The van der Waals surface area contributed by atoms with Crippen molar-refractivity contribution in [2.24, 2.45) is 5.10 Å². The number of hydrogen-bond acceptors (Lipinski definition) is 2. The average molecular weight is 215 g/mol. The monoisotopic (exact) mass is 214 g/mol. The fraction of sp³-hybridized carbons (Fsp3) is 0.300. The lowest BCUT2D eigenvalue weighted by Gasteiger charge is -2.04. The van der Waals surface area contributed by atoms with Gasteiger partial charge in [-0.25, -0.2) is 4.39 Å². The quantitative estimate of drug-likeness (QED) is 0.558. The molecule has 0 amide bonds. The lowest BCUT2D eigenvalue weighted by Crippen LogP contribution is -2.03. The fourth-order valence-electron chi connectivity index (χ4n) is 1.02. The van der Waals surface area contributed by atoms with Gasteiger partial charge in [-0.15, -0.1) is 0 Å². The van der Waals surface area contributed by atoms with E-state index in [9.17, 15) is 4.39 Å². The second-order valence-electron chi connectivity index (χ2n) is 3.05. The molecule has 1 rings (SSSR count). The van der Waals surface area contributed by atoms with Crippen molar-refractivity contribution in [3.8, 4) is 0 Å². The molecule has 0 spiro atoms. The number of benzene rings is 1. The van der Waals surface area contributed by atoms with Crippen molar-refractivity contribution in [1.82, 2.24) is 5.01 Å². The summed E-state index contributed by atoms with van der Waals surface area (Å²) in [6, 6.07) is 4.65. The van der Waals surface area contributed by atoms with Crippen LogP contribution in [0.3, 0.4) is 0 Å². The molecule has 0 N–H and O–H groups in total. The Morgan fingerprint density at radius 2 is 2.21 bits per heavy atom. The zero-order chi connectivity index (χ0) is 10.6. The molecule has 0 fully saturated rings. The zero-order valence-electron chi connectivity index (χ0n) is 8.17. The lowest BCUT2D eigenvalue weighted by molar-refractivity contribution is 0.439. The Hall–Kier alpha value is -1.09. The van der Waals surface area contributed by atoms with E-state index in [1.807, 2.05) is 0 Å². The minimum absolute atomic E-state index is 0.289. The number of hydrazone groups is 1. The maximum atomic E-state index is 13.2. The fourth-order valence-corrected chi connectivity index (χ4v) is 1.26. The maximum absolute atomic E-state index is 13.2. The first-order chi connectivity index (χ1) is 6.61. The van der Waals surface area contributed by atoms with Gasteiger partial charge >= 0.3 is 0 Å². The Bertz CT molecular complexity index is 317. The SMILES string of the molecule is CN(C)/N=C/Cc1c(F)cccc1Cl. The van der Waals surface area contributed by atoms with Crippen LogP contribution in [0.1, 0.15) is 5.56 Å². The molecule has 0 radical (unpaired) electrons. The van der Waals surface area contributed by atoms with E-state index in [1.54, 1.807) is 37.5 Å². The van der Waals surface area contributed by atoms with Crippen LogP contribution in [0, 0.1) is 5.82 Å². The second kappa shape index (κ2) is 4.96. The number of rotatable bonds is 3. The van der Waals surface area contributed by atoms with Gasteiger partial charge in [0.1, 0.15) is 5.82 Å². The van der Waals surface area contributed by atoms with Gasteiger partial charge in [0.2, 0.25) is 0 Å². The first-order valence-corrected chi connectivity index (χ1v) is 4.61. The third-order valence-corrected chi connectivity index (χ3v) is 2.02. The summed E-state index contributed by atoms with van der Waals surface area (Å²) in [5.41, 5.74) is 0.486. The molecule has 0 heterocycles. The molecule has 0 unspecified atom stereocenters. The molecule has 1 aromatic rings. The largest absolute Gasteiger partial charge is 0.303 e. The molecule has 0 bridgehead atoms. The van der Waals surface area contributed by atoms with Crippen molar-refractivity contribution in [3.05, 3.63) is 34.6 Å². The standard InChI is InChI=1S/C10H12ClFN2/c1-14(2)13-7-6-8-9(11)4-3-5-10(8)12/h3-5,7H,6H2,1-2H3/b13-7+. The summed E-state index contributed by atoms with van der Waals surface area (Å²) < 4.78 is 13.2. The molecule has 1 aromatic carbocycles. The summed E-state index contributed by atoms with van der Waals surface area (Å²) in [5, 5.41) is 6.07. The Morgan fingerprint density at radius 1 is 1.50 bits per heavy atom. The second-order valence-corrected chi connectivity index (χ2v) is 3.46. The van der Waals surface area contributed by atoms with Crippen LogP contribution >= 0.6 is 11.6 Å². The molecule has 0 atom stereocenters. The van der Waals surface area contributed by atoms with Crippen molar-refractivity contribution in [2.75, 3.05) is 14.1 Å². The van der Waals surface area contributed by atoms with Crippen LogP contribution < -0.4 is 0 Å².